The van der Waals surface area contributed by atoms with Crippen molar-refractivity contribution < 1.29 is 8.42 Å². The Bertz CT molecular complexity index is 670. The lowest BCUT2D eigenvalue weighted by Crippen LogP contribution is -2.43. The molecule has 1 fully saturated rings. The van der Waals surface area contributed by atoms with Crippen LogP contribution in [0, 0.1) is 5.92 Å². The zero-order chi connectivity index (χ0) is 17.7. The van der Waals surface area contributed by atoms with Crippen molar-refractivity contribution in [1.29, 1.82) is 0 Å². The van der Waals surface area contributed by atoms with Gasteiger partial charge in [0.2, 0.25) is 10.0 Å². The van der Waals surface area contributed by atoms with Gasteiger partial charge in [0.25, 0.3) is 0 Å². The molecule has 3 N–H and O–H groups in total. The van der Waals surface area contributed by atoms with Crippen LogP contribution >= 0.6 is 24.0 Å². The van der Waals surface area contributed by atoms with E-state index in [1.807, 2.05) is 12.1 Å². The molecular formula is C17H29IN4O2S. The Kier molecular flexibility index (Phi) is 8.62. The summed E-state index contributed by atoms with van der Waals surface area (Å²) in [5, 5.41) is 6.58. The van der Waals surface area contributed by atoms with Gasteiger partial charge in [0.05, 0.1) is 4.90 Å². The normalized spacial score (nSPS) is 16.3. The first-order valence-electron chi connectivity index (χ1n) is 8.40. The molecule has 1 aromatic rings. The summed E-state index contributed by atoms with van der Waals surface area (Å²) < 4.78 is 27.0. The maximum atomic E-state index is 12.1. The number of aliphatic imine (C=N–C) groups is 1. The number of hydrogen-bond acceptors (Lipinski definition) is 3. The Hall–Kier alpha value is -0.870. The van der Waals surface area contributed by atoms with Gasteiger partial charge in [0.1, 0.15) is 0 Å². The van der Waals surface area contributed by atoms with Crippen LogP contribution in [0.5, 0.6) is 0 Å². The summed E-state index contributed by atoms with van der Waals surface area (Å²) in [5.41, 5.74) is 1.00. The zero-order valence-electron chi connectivity index (χ0n) is 15.2. The standard InChI is InChI=1S/C17H28N4O2S.HI/c1-12(2)13(3)20-17(18-4)19-11-14-5-9-16(10-6-14)24(22,23)21-15-7-8-15;/h5-6,9-10,12-13,15,21H,7-8,11H2,1-4H3,(H2,18,19,20);1H. The molecule has 25 heavy (non-hydrogen) atoms. The van der Waals surface area contributed by atoms with Gasteiger partial charge in [-0.3, -0.25) is 4.99 Å². The van der Waals surface area contributed by atoms with E-state index in [4.69, 9.17) is 0 Å². The number of halogens is 1. The summed E-state index contributed by atoms with van der Waals surface area (Å²) in [5.74, 6) is 1.25. The van der Waals surface area contributed by atoms with Crippen LogP contribution in [0.3, 0.4) is 0 Å². The van der Waals surface area contributed by atoms with Crippen LogP contribution in [-0.4, -0.2) is 33.5 Å². The van der Waals surface area contributed by atoms with Crippen molar-refractivity contribution in [3.8, 4) is 0 Å². The second-order valence-electron chi connectivity index (χ2n) is 6.64. The number of rotatable bonds is 7. The van der Waals surface area contributed by atoms with E-state index < -0.39 is 10.0 Å². The highest BCUT2D eigenvalue weighted by atomic mass is 127. The Morgan fingerprint density at radius 1 is 1.20 bits per heavy atom. The zero-order valence-corrected chi connectivity index (χ0v) is 18.4. The van der Waals surface area contributed by atoms with Crippen molar-refractivity contribution in [3.63, 3.8) is 0 Å². The minimum Gasteiger partial charge on any atom is -0.354 e. The minimum absolute atomic E-state index is 0. The van der Waals surface area contributed by atoms with Gasteiger partial charge in [-0.15, -0.1) is 24.0 Å². The van der Waals surface area contributed by atoms with Crippen molar-refractivity contribution in [3.05, 3.63) is 29.8 Å². The number of nitrogens with zero attached hydrogens (tertiary/aromatic N) is 1. The average Bonchev–Trinajstić information content (AvgIpc) is 3.34. The fourth-order valence-electron chi connectivity index (χ4n) is 2.04. The smallest absolute Gasteiger partial charge is 0.240 e. The molecule has 1 aliphatic rings. The topological polar surface area (TPSA) is 82.6 Å². The Balaban J connectivity index is 0.00000312. The van der Waals surface area contributed by atoms with Crippen LogP contribution in [0.4, 0.5) is 0 Å². The maximum absolute atomic E-state index is 12.1. The molecule has 0 heterocycles. The first-order valence-corrected chi connectivity index (χ1v) is 9.88. The van der Waals surface area contributed by atoms with Crippen molar-refractivity contribution in [2.24, 2.45) is 10.9 Å². The highest BCUT2D eigenvalue weighted by Gasteiger charge is 2.27. The van der Waals surface area contributed by atoms with E-state index in [0.717, 1.165) is 24.4 Å². The first-order chi connectivity index (χ1) is 11.3. The molecule has 0 spiro atoms. The van der Waals surface area contributed by atoms with Gasteiger partial charge in [-0.2, -0.15) is 0 Å². The Labute approximate surface area is 168 Å². The molecule has 0 saturated heterocycles. The number of nitrogens with one attached hydrogen (secondary N) is 3. The summed E-state index contributed by atoms with van der Waals surface area (Å²) in [6.07, 6.45) is 1.87. The number of benzene rings is 1. The Morgan fingerprint density at radius 3 is 2.28 bits per heavy atom. The lowest BCUT2D eigenvalue weighted by Gasteiger charge is -2.20. The summed E-state index contributed by atoms with van der Waals surface area (Å²) in [4.78, 5) is 4.52. The van der Waals surface area contributed by atoms with Crippen LogP contribution in [0.2, 0.25) is 0 Å². The van der Waals surface area contributed by atoms with Crippen LogP contribution < -0.4 is 15.4 Å². The highest BCUT2D eigenvalue weighted by molar-refractivity contribution is 14.0. The molecule has 2 rings (SSSR count). The van der Waals surface area contributed by atoms with Crippen LogP contribution in [0.1, 0.15) is 39.2 Å². The van der Waals surface area contributed by atoms with Crippen molar-refractivity contribution in [2.75, 3.05) is 7.05 Å². The van der Waals surface area contributed by atoms with Gasteiger partial charge in [-0.25, -0.2) is 13.1 Å². The second-order valence-corrected chi connectivity index (χ2v) is 8.36. The van der Waals surface area contributed by atoms with Gasteiger partial charge in [-0.1, -0.05) is 26.0 Å². The Morgan fingerprint density at radius 2 is 1.80 bits per heavy atom. The molecule has 1 saturated carbocycles. The molecule has 1 atom stereocenters. The summed E-state index contributed by atoms with van der Waals surface area (Å²) in [6.45, 7) is 7.00. The molecule has 1 unspecified atom stereocenters. The quantitative estimate of drug-likeness (QED) is 0.318. The molecule has 142 valence electrons. The predicted molar refractivity (Wildman–Crippen MR) is 113 cm³/mol. The first kappa shape index (κ1) is 22.2. The van der Waals surface area contributed by atoms with E-state index in [1.165, 1.54) is 0 Å². The molecule has 0 aliphatic heterocycles. The van der Waals surface area contributed by atoms with E-state index in [0.29, 0.717) is 23.4 Å². The van der Waals surface area contributed by atoms with Crippen LogP contribution in [-0.2, 0) is 16.6 Å². The van der Waals surface area contributed by atoms with Gasteiger partial charge in [-0.05, 0) is 43.4 Å². The third-order valence-corrected chi connectivity index (χ3v) is 5.72. The molecule has 0 aromatic heterocycles. The molecule has 6 nitrogen and oxygen atoms in total. The molecule has 1 aliphatic carbocycles. The van der Waals surface area contributed by atoms with Crippen LogP contribution in [0.25, 0.3) is 0 Å². The van der Waals surface area contributed by atoms with E-state index in [9.17, 15) is 8.42 Å². The molecular weight excluding hydrogens is 451 g/mol. The van der Waals surface area contributed by atoms with Gasteiger partial charge >= 0.3 is 0 Å². The lowest BCUT2D eigenvalue weighted by atomic mass is 10.1. The minimum atomic E-state index is -3.38. The lowest BCUT2D eigenvalue weighted by molar-refractivity contribution is 0.481. The SMILES string of the molecule is CN=C(NCc1ccc(S(=O)(=O)NC2CC2)cc1)NC(C)C(C)C.I. The van der Waals surface area contributed by atoms with E-state index in [2.05, 4.69) is 41.1 Å². The fraction of sp³-hybridized carbons (Fsp3) is 0.588. The highest BCUT2D eigenvalue weighted by Crippen LogP contribution is 2.22. The van der Waals surface area contributed by atoms with Crippen LogP contribution in [0.15, 0.2) is 34.2 Å². The van der Waals surface area contributed by atoms with Gasteiger partial charge in [0, 0.05) is 25.7 Å². The molecule has 0 amide bonds. The molecule has 0 bridgehead atoms. The van der Waals surface area contributed by atoms with Crippen molar-refractivity contribution >= 4 is 40.0 Å². The monoisotopic (exact) mass is 480 g/mol. The van der Waals surface area contributed by atoms with Crippen molar-refractivity contribution in [1.82, 2.24) is 15.4 Å². The summed E-state index contributed by atoms with van der Waals surface area (Å²) in [7, 11) is -1.64. The number of sulfonamides is 1. The second kappa shape index (κ2) is 9.72. The number of hydrogen-bond donors (Lipinski definition) is 3. The van der Waals surface area contributed by atoms with Gasteiger partial charge in [0.15, 0.2) is 5.96 Å². The number of guanidine groups is 1. The predicted octanol–water partition coefficient (Wildman–Crippen LogP) is 2.45. The third kappa shape index (κ3) is 7.10. The molecule has 0 radical (unpaired) electrons. The fourth-order valence-corrected chi connectivity index (χ4v) is 3.34. The summed E-state index contributed by atoms with van der Waals surface area (Å²) in [6, 6.07) is 7.38. The molecule has 8 heteroatoms. The average molecular weight is 480 g/mol. The summed E-state index contributed by atoms with van der Waals surface area (Å²) >= 11 is 0. The van der Waals surface area contributed by atoms with E-state index in [-0.39, 0.29) is 30.0 Å². The van der Waals surface area contributed by atoms with E-state index in [1.54, 1.807) is 19.2 Å². The third-order valence-electron chi connectivity index (χ3n) is 4.18. The van der Waals surface area contributed by atoms with Gasteiger partial charge < -0.3 is 10.6 Å². The van der Waals surface area contributed by atoms with Crippen molar-refractivity contribution in [2.45, 2.75) is 57.1 Å². The van der Waals surface area contributed by atoms with E-state index >= 15 is 0 Å². The maximum Gasteiger partial charge on any atom is 0.240 e. The molecule has 1 aromatic carbocycles. The largest absolute Gasteiger partial charge is 0.354 e.